The van der Waals surface area contributed by atoms with Crippen LogP contribution in [0.3, 0.4) is 0 Å². The summed E-state index contributed by atoms with van der Waals surface area (Å²) in [5, 5.41) is 0.387. The molecule has 4 heteroatoms. The highest BCUT2D eigenvalue weighted by molar-refractivity contribution is 6.33. The Morgan fingerprint density at radius 1 is 1.16 bits per heavy atom. The first-order valence-corrected chi connectivity index (χ1v) is 6.13. The van der Waals surface area contributed by atoms with Crippen molar-refractivity contribution in [3.05, 3.63) is 64.7 Å². The van der Waals surface area contributed by atoms with Gasteiger partial charge in [-0.2, -0.15) is 0 Å². The second-order valence-corrected chi connectivity index (χ2v) is 4.31. The highest BCUT2D eigenvalue weighted by Gasteiger charge is 2.11. The van der Waals surface area contributed by atoms with E-state index in [1.807, 2.05) is 24.3 Å². The first-order chi connectivity index (χ1) is 9.20. The topological polar surface area (TPSA) is 35.5 Å². The second-order valence-electron chi connectivity index (χ2n) is 3.91. The molecule has 19 heavy (non-hydrogen) atoms. The summed E-state index contributed by atoms with van der Waals surface area (Å²) in [6.45, 7) is 0.182. The summed E-state index contributed by atoms with van der Waals surface area (Å²) < 4.78 is 10.3. The minimum Gasteiger partial charge on any atom is -0.497 e. The van der Waals surface area contributed by atoms with Crippen molar-refractivity contribution in [3.8, 4) is 5.75 Å². The van der Waals surface area contributed by atoms with Crippen molar-refractivity contribution in [2.45, 2.75) is 6.61 Å². The van der Waals surface area contributed by atoms with Gasteiger partial charge in [-0.15, -0.1) is 0 Å². The van der Waals surface area contributed by atoms with E-state index in [4.69, 9.17) is 21.1 Å². The van der Waals surface area contributed by atoms with Gasteiger partial charge in [0.2, 0.25) is 0 Å². The largest absolute Gasteiger partial charge is 0.497 e. The molecule has 0 bridgehead atoms. The molecule has 3 nitrogen and oxygen atoms in total. The van der Waals surface area contributed by atoms with Crippen LogP contribution < -0.4 is 4.74 Å². The highest BCUT2D eigenvalue weighted by atomic mass is 35.5. The van der Waals surface area contributed by atoms with E-state index in [0.29, 0.717) is 10.6 Å². The van der Waals surface area contributed by atoms with Crippen molar-refractivity contribution in [1.82, 2.24) is 0 Å². The molecule has 0 unspecified atom stereocenters. The fourth-order valence-electron chi connectivity index (χ4n) is 1.62. The molecule has 0 saturated heterocycles. The maximum Gasteiger partial charge on any atom is 0.339 e. The van der Waals surface area contributed by atoms with Gasteiger partial charge in [0.15, 0.2) is 0 Å². The molecule has 2 aromatic carbocycles. The van der Waals surface area contributed by atoms with E-state index in [1.54, 1.807) is 31.4 Å². The Hall–Kier alpha value is -2.00. The summed E-state index contributed by atoms with van der Waals surface area (Å²) in [5.74, 6) is 0.291. The number of ether oxygens (including phenoxy) is 2. The number of carbonyl (C=O) groups is 1. The molecular formula is C15H13ClO3. The molecule has 0 amide bonds. The smallest absolute Gasteiger partial charge is 0.339 e. The maximum absolute atomic E-state index is 11.9. The van der Waals surface area contributed by atoms with Crippen LogP contribution in [-0.2, 0) is 11.3 Å². The predicted molar refractivity (Wildman–Crippen MR) is 73.6 cm³/mol. The molecule has 0 N–H and O–H groups in total. The molecule has 0 aliphatic heterocycles. The van der Waals surface area contributed by atoms with Gasteiger partial charge in [0.05, 0.1) is 17.7 Å². The zero-order chi connectivity index (χ0) is 13.7. The third kappa shape index (κ3) is 3.48. The molecule has 0 fully saturated rings. The van der Waals surface area contributed by atoms with Gasteiger partial charge in [0.25, 0.3) is 0 Å². The Kier molecular flexibility index (Phi) is 4.42. The van der Waals surface area contributed by atoms with E-state index in [1.165, 1.54) is 0 Å². The number of hydrogen-bond acceptors (Lipinski definition) is 3. The monoisotopic (exact) mass is 276 g/mol. The van der Waals surface area contributed by atoms with E-state index in [0.717, 1.165) is 11.3 Å². The molecule has 0 radical (unpaired) electrons. The highest BCUT2D eigenvalue weighted by Crippen LogP contribution is 2.18. The Labute approximate surface area is 116 Å². The molecule has 0 heterocycles. The van der Waals surface area contributed by atoms with Gasteiger partial charge in [-0.3, -0.25) is 0 Å². The van der Waals surface area contributed by atoms with Crippen LogP contribution >= 0.6 is 11.6 Å². The Morgan fingerprint density at radius 3 is 2.68 bits per heavy atom. The van der Waals surface area contributed by atoms with E-state index in [-0.39, 0.29) is 6.61 Å². The van der Waals surface area contributed by atoms with Crippen LogP contribution in [0, 0.1) is 0 Å². The lowest BCUT2D eigenvalue weighted by molar-refractivity contribution is 0.0472. The van der Waals surface area contributed by atoms with E-state index in [9.17, 15) is 4.79 Å². The van der Waals surface area contributed by atoms with E-state index >= 15 is 0 Å². The summed E-state index contributed by atoms with van der Waals surface area (Å²) >= 11 is 5.93. The molecule has 0 aliphatic carbocycles. The van der Waals surface area contributed by atoms with Gasteiger partial charge in [0, 0.05) is 0 Å². The van der Waals surface area contributed by atoms with Gasteiger partial charge < -0.3 is 9.47 Å². The molecule has 0 saturated carbocycles. The first-order valence-electron chi connectivity index (χ1n) is 5.75. The molecular weight excluding hydrogens is 264 g/mol. The fourth-order valence-corrected chi connectivity index (χ4v) is 1.83. The van der Waals surface area contributed by atoms with Crippen molar-refractivity contribution >= 4 is 17.6 Å². The molecule has 0 atom stereocenters. The third-order valence-corrected chi connectivity index (χ3v) is 2.93. The maximum atomic E-state index is 11.9. The fraction of sp³-hybridized carbons (Fsp3) is 0.133. The van der Waals surface area contributed by atoms with E-state index in [2.05, 4.69) is 0 Å². The first kappa shape index (κ1) is 13.4. The number of esters is 1. The Bertz CT molecular complexity index is 581. The van der Waals surface area contributed by atoms with Crippen molar-refractivity contribution in [2.24, 2.45) is 0 Å². The lowest BCUT2D eigenvalue weighted by Gasteiger charge is -2.07. The number of carbonyl (C=O) groups excluding carboxylic acids is 1. The molecule has 0 aromatic heterocycles. The molecule has 0 aliphatic rings. The summed E-state index contributed by atoms with van der Waals surface area (Å²) in [7, 11) is 1.59. The average molecular weight is 277 g/mol. The van der Waals surface area contributed by atoms with Gasteiger partial charge in [-0.25, -0.2) is 4.79 Å². The lowest BCUT2D eigenvalue weighted by Crippen LogP contribution is -2.05. The zero-order valence-corrected chi connectivity index (χ0v) is 11.2. The zero-order valence-electron chi connectivity index (χ0n) is 10.4. The third-order valence-electron chi connectivity index (χ3n) is 2.60. The van der Waals surface area contributed by atoms with Gasteiger partial charge in [-0.05, 0) is 29.8 Å². The van der Waals surface area contributed by atoms with Crippen LogP contribution in [0.5, 0.6) is 5.75 Å². The number of hydrogen-bond donors (Lipinski definition) is 0. The number of benzene rings is 2. The second kappa shape index (κ2) is 6.25. The number of halogens is 1. The van der Waals surface area contributed by atoms with Crippen LogP contribution in [0.4, 0.5) is 0 Å². The standard InChI is InChI=1S/C15H13ClO3/c1-18-12-6-4-5-11(9-12)10-19-15(17)13-7-2-3-8-14(13)16/h2-9H,10H2,1H3. The van der Waals surface area contributed by atoms with E-state index < -0.39 is 5.97 Å². The molecule has 0 spiro atoms. The van der Waals surface area contributed by atoms with Crippen molar-refractivity contribution in [3.63, 3.8) is 0 Å². The Balaban J connectivity index is 2.02. The number of rotatable bonds is 4. The summed E-state index contributed by atoms with van der Waals surface area (Å²) in [6.07, 6.45) is 0. The summed E-state index contributed by atoms with van der Waals surface area (Å²) in [6, 6.07) is 14.2. The molecule has 98 valence electrons. The van der Waals surface area contributed by atoms with Gasteiger partial charge >= 0.3 is 5.97 Å². The summed E-state index contributed by atoms with van der Waals surface area (Å²) in [4.78, 5) is 11.9. The van der Waals surface area contributed by atoms with Crippen LogP contribution in [0.25, 0.3) is 0 Å². The lowest BCUT2D eigenvalue weighted by atomic mass is 10.2. The Morgan fingerprint density at radius 2 is 1.95 bits per heavy atom. The quantitative estimate of drug-likeness (QED) is 0.799. The van der Waals surface area contributed by atoms with Crippen molar-refractivity contribution in [1.29, 1.82) is 0 Å². The van der Waals surface area contributed by atoms with Crippen LogP contribution in [0.15, 0.2) is 48.5 Å². The average Bonchev–Trinajstić information content (AvgIpc) is 2.45. The van der Waals surface area contributed by atoms with Crippen LogP contribution in [0.1, 0.15) is 15.9 Å². The molecule has 2 rings (SSSR count). The minimum absolute atomic E-state index is 0.182. The van der Waals surface area contributed by atoms with Gasteiger partial charge in [-0.1, -0.05) is 35.9 Å². The van der Waals surface area contributed by atoms with Crippen molar-refractivity contribution < 1.29 is 14.3 Å². The number of methoxy groups -OCH3 is 1. The van der Waals surface area contributed by atoms with Crippen molar-refractivity contribution in [2.75, 3.05) is 7.11 Å². The van der Waals surface area contributed by atoms with Crippen LogP contribution in [-0.4, -0.2) is 13.1 Å². The van der Waals surface area contributed by atoms with Gasteiger partial charge in [0.1, 0.15) is 12.4 Å². The minimum atomic E-state index is -0.437. The summed E-state index contributed by atoms with van der Waals surface area (Å²) in [5.41, 5.74) is 1.23. The molecule has 2 aromatic rings. The normalized spacial score (nSPS) is 10.0. The predicted octanol–water partition coefficient (Wildman–Crippen LogP) is 3.71. The SMILES string of the molecule is COc1cccc(COC(=O)c2ccccc2Cl)c1. The van der Waals surface area contributed by atoms with Crippen LogP contribution in [0.2, 0.25) is 5.02 Å².